The molecule has 1 aliphatic rings. The summed E-state index contributed by atoms with van der Waals surface area (Å²) >= 11 is 5.93. The Hall–Kier alpha value is -1.72. The molecule has 116 valence electrons. The van der Waals surface area contributed by atoms with Crippen LogP contribution in [-0.2, 0) is 0 Å². The lowest BCUT2D eigenvalue weighted by Crippen LogP contribution is -2.39. The summed E-state index contributed by atoms with van der Waals surface area (Å²) < 4.78 is 13.9. The first-order valence-corrected chi connectivity index (χ1v) is 7.66. The number of nitrogens with one attached hydrogen (secondary N) is 1. The van der Waals surface area contributed by atoms with E-state index in [1.165, 1.54) is 24.4 Å². The molecule has 6 heteroatoms. The van der Waals surface area contributed by atoms with Crippen molar-refractivity contribution in [1.29, 1.82) is 0 Å². The highest BCUT2D eigenvalue weighted by molar-refractivity contribution is 6.30. The second-order valence-electron chi connectivity index (χ2n) is 5.68. The van der Waals surface area contributed by atoms with E-state index in [-0.39, 0.29) is 12.1 Å². The maximum absolute atomic E-state index is 13.9. The molecule has 1 aromatic heterocycles. The Labute approximate surface area is 133 Å². The molecular weight excluding hydrogens is 305 g/mol. The lowest BCUT2D eigenvalue weighted by atomic mass is 9.99. The molecule has 1 saturated carbocycles. The highest BCUT2D eigenvalue weighted by Gasteiger charge is 2.33. The number of anilines is 1. The van der Waals surface area contributed by atoms with Crippen molar-refractivity contribution in [1.82, 2.24) is 9.97 Å². The van der Waals surface area contributed by atoms with E-state index in [4.69, 9.17) is 11.6 Å². The van der Waals surface area contributed by atoms with Gasteiger partial charge in [0, 0.05) is 10.6 Å². The number of hydrogen-bond acceptors (Lipinski definition) is 4. The minimum atomic E-state index is -0.395. The van der Waals surface area contributed by atoms with Crippen molar-refractivity contribution in [3.05, 3.63) is 41.4 Å². The zero-order valence-electron chi connectivity index (χ0n) is 12.0. The second-order valence-corrected chi connectivity index (χ2v) is 6.12. The van der Waals surface area contributed by atoms with Crippen molar-refractivity contribution in [3.63, 3.8) is 0 Å². The summed E-state index contributed by atoms with van der Waals surface area (Å²) in [5, 5.41) is 13.4. The van der Waals surface area contributed by atoms with Gasteiger partial charge in [0.25, 0.3) is 0 Å². The van der Waals surface area contributed by atoms with E-state index in [9.17, 15) is 9.50 Å². The highest BCUT2D eigenvalue weighted by atomic mass is 35.5. The maximum atomic E-state index is 13.9. The number of hydrogen-bond donors (Lipinski definition) is 2. The van der Waals surface area contributed by atoms with Crippen LogP contribution in [0.5, 0.6) is 0 Å². The average molecular weight is 322 g/mol. The van der Waals surface area contributed by atoms with E-state index < -0.39 is 5.82 Å². The molecule has 1 aromatic carbocycles. The predicted octanol–water partition coefficient (Wildman–Crippen LogP) is 3.65. The number of rotatable bonds is 4. The number of halogens is 2. The quantitative estimate of drug-likeness (QED) is 0.902. The van der Waals surface area contributed by atoms with Gasteiger partial charge in [-0.2, -0.15) is 0 Å². The number of nitrogens with zero attached hydrogens (tertiary/aromatic N) is 2. The molecule has 1 aliphatic carbocycles. The lowest BCUT2D eigenvalue weighted by Gasteiger charge is -2.28. The van der Waals surface area contributed by atoms with Crippen molar-refractivity contribution >= 4 is 17.4 Å². The first kappa shape index (κ1) is 15.2. The first-order valence-electron chi connectivity index (χ1n) is 7.28. The Bertz CT molecular complexity index is 674. The molecule has 1 fully saturated rings. The molecule has 0 unspecified atom stereocenters. The lowest BCUT2D eigenvalue weighted by molar-refractivity contribution is 0.214. The normalized spacial score (nSPS) is 16.7. The van der Waals surface area contributed by atoms with Gasteiger partial charge in [0.1, 0.15) is 11.6 Å². The number of aromatic nitrogens is 2. The standard InChI is InChI=1S/C16H17ClFN3O/c17-11-3-4-13(18)12(7-11)14-8-19-9-15(20-14)21-16(10-22)5-1-2-6-16/h3-4,7-9,22H,1-2,5-6,10H2,(H,20,21). The number of aliphatic hydroxyl groups is 1. The number of benzene rings is 1. The largest absolute Gasteiger partial charge is 0.394 e. The van der Waals surface area contributed by atoms with Gasteiger partial charge < -0.3 is 10.4 Å². The minimum absolute atomic E-state index is 0.0461. The van der Waals surface area contributed by atoms with Crippen LogP contribution in [0.3, 0.4) is 0 Å². The summed E-state index contributed by atoms with van der Waals surface area (Å²) in [5.74, 6) is 0.140. The van der Waals surface area contributed by atoms with Crippen molar-refractivity contribution in [2.75, 3.05) is 11.9 Å². The molecule has 22 heavy (non-hydrogen) atoms. The summed E-state index contributed by atoms with van der Waals surface area (Å²) in [4.78, 5) is 8.54. The van der Waals surface area contributed by atoms with Crippen LogP contribution in [-0.4, -0.2) is 27.2 Å². The number of aliphatic hydroxyl groups excluding tert-OH is 1. The van der Waals surface area contributed by atoms with E-state index in [2.05, 4.69) is 15.3 Å². The van der Waals surface area contributed by atoms with Gasteiger partial charge in [0.15, 0.2) is 0 Å². The molecule has 0 aliphatic heterocycles. The Kier molecular flexibility index (Phi) is 4.27. The molecule has 0 bridgehead atoms. The maximum Gasteiger partial charge on any atom is 0.145 e. The van der Waals surface area contributed by atoms with E-state index in [1.54, 1.807) is 6.20 Å². The third kappa shape index (κ3) is 3.05. The second kappa shape index (κ2) is 6.18. The third-order valence-corrected chi connectivity index (χ3v) is 4.33. The predicted molar refractivity (Wildman–Crippen MR) is 84.3 cm³/mol. The SMILES string of the molecule is OCC1(Nc2cncc(-c3cc(Cl)ccc3F)n2)CCCC1. The summed E-state index contributed by atoms with van der Waals surface area (Å²) in [6.07, 6.45) is 7.01. The van der Waals surface area contributed by atoms with Crippen LogP contribution in [0, 0.1) is 5.82 Å². The summed E-state index contributed by atoms with van der Waals surface area (Å²) in [6, 6.07) is 4.34. The first-order chi connectivity index (χ1) is 10.6. The van der Waals surface area contributed by atoms with Crippen LogP contribution >= 0.6 is 11.6 Å². The van der Waals surface area contributed by atoms with Gasteiger partial charge in [0.2, 0.25) is 0 Å². The van der Waals surface area contributed by atoms with Crippen molar-refractivity contribution < 1.29 is 9.50 Å². The highest BCUT2D eigenvalue weighted by Crippen LogP contribution is 2.33. The molecule has 0 spiro atoms. The van der Waals surface area contributed by atoms with Gasteiger partial charge >= 0.3 is 0 Å². The molecule has 4 nitrogen and oxygen atoms in total. The molecular formula is C16H17ClFN3O. The minimum Gasteiger partial charge on any atom is -0.394 e. The van der Waals surface area contributed by atoms with Crippen LogP contribution in [0.15, 0.2) is 30.6 Å². The fourth-order valence-corrected chi connectivity index (χ4v) is 3.07. The Morgan fingerprint density at radius 2 is 2.05 bits per heavy atom. The van der Waals surface area contributed by atoms with Crippen molar-refractivity contribution in [2.45, 2.75) is 31.2 Å². The molecule has 2 N–H and O–H groups in total. The van der Waals surface area contributed by atoms with E-state index in [0.29, 0.717) is 22.1 Å². The molecule has 2 aromatic rings. The zero-order chi connectivity index (χ0) is 15.6. The van der Waals surface area contributed by atoms with Crippen LogP contribution in [0.2, 0.25) is 5.02 Å². The molecule has 1 heterocycles. The molecule has 3 rings (SSSR count). The summed E-state index contributed by atoms with van der Waals surface area (Å²) in [5.41, 5.74) is 0.379. The van der Waals surface area contributed by atoms with Crippen LogP contribution < -0.4 is 5.32 Å². The van der Waals surface area contributed by atoms with Crippen molar-refractivity contribution in [2.24, 2.45) is 0 Å². The Morgan fingerprint density at radius 3 is 2.77 bits per heavy atom. The van der Waals surface area contributed by atoms with Gasteiger partial charge in [-0.25, -0.2) is 9.37 Å². The van der Waals surface area contributed by atoms with Gasteiger partial charge in [-0.3, -0.25) is 4.98 Å². The summed E-state index contributed by atoms with van der Waals surface area (Å²) in [7, 11) is 0. The van der Waals surface area contributed by atoms with Gasteiger partial charge in [-0.1, -0.05) is 24.4 Å². The van der Waals surface area contributed by atoms with Crippen LogP contribution in [0.1, 0.15) is 25.7 Å². The average Bonchev–Trinajstić information content (AvgIpc) is 2.99. The van der Waals surface area contributed by atoms with Gasteiger partial charge in [-0.05, 0) is 31.0 Å². The Balaban J connectivity index is 1.91. The van der Waals surface area contributed by atoms with Crippen molar-refractivity contribution in [3.8, 4) is 11.3 Å². The molecule has 0 atom stereocenters. The van der Waals surface area contributed by atoms with Crippen LogP contribution in [0.25, 0.3) is 11.3 Å². The summed E-state index contributed by atoms with van der Waals surface area (Å²) in [6.45, 7) is 0.0461. The Morgan fingerprint density at radius 1 is 1.27 bits per heavy atom. The van der Waals surface area contributed by atoms with E-state index >= 15 is 0 Å². The fourth-order valence-electron chi connectivity index (χ4n) is 2.90. The fraction of sp³-hybridized carbons (Fsp3) is 0.375. The smallest absolute Gasteiger partial charge is 0.145 e. The van der Waals surface area contributed by atoms with Crippen LogP contribution in [0.4, 0.5) is 10.2 Å². The monoisotopic (exact) mass is 321 g/mol. The molecule has 0 saturated heterocycles. The molecule has 0 amide bonds. The van der Waals surface area contributed by atoms with Gasteiger partial charge in [-0.15, -0.1) is 0 Å². The molecule has 0 radical (unpaired) electrons. The van der Waals surface area contributed by atoms with Gasteiger partial charge in [0.05, 0.1) is 30.2 Å². The third-order valence-electron chi connectivity index (χ3n) is 4.10. The van der Waals surface area contributed by atoms with E-state index in [0.717, 1.165) is 25.7 Å². The topological polar surface area (TPSA) is 58.0 Å². The van der Waals surface area contributed by atoms with E-state index in [1.807, 2.05) is 0 Å². The zero-order valence-corrected chi connectivity index (χ0v) is 12.8.